The van der Waals surface area contributed by atoms with Crippen LogP contribution in [0.4, 0.5) is 4.39 Å². The van der Waals surface area contributed by atoms with Crippen LogP contribution in [0.15, 0.2) is 30.5 Å². The normalized spacial score (nSPS) is 11.8. The van der Waals surface area contributed by atoms with Gasteiger partial charge in [0.15, 0.2) is 0 Å². The highest BCUT2D eigenvalue weighted by atomic mass is 19.1. The maximum absolute atomic E-state index is 12.9. The molecule has 6 nitrogen and oxygen atoms in total. The molecule has 114 valence electrons. The predicted octanol–water partition coefficient (Wildman–Crippen LogP) is 0.0211. The van der Waals surface area contributed by atoms with E-state index in [1.54, 1.807) is 18.3 Å². The summed E-state index contributed by atoms with van der Waals surface area (Å²) in [5.41, 5.74) is 1.11. The van der Waals surface area contributed by atoms with Gasteiger partial charge in [-0.2, -0.15) is 5.10 Å². The number of halogens is 1. The van der Waals surface area contributed by atoms with Crippen molar-refractivity contribution in [3.63, 3.8) is 0 Å². The molecule has 0 fully saturated rings. The lowest BCUT2D eigenvalue weighted by atomic mass is 10.0. The second-order valence-corrected chi connectivity index (χ2v) is 4.89. The van der Waals surface area contributed by atoms with E-state index in [1.807, 2.05) is 0 Å². The SMILES string of the molecule is OCC(CO)(CO)NCc1cn[nH]c1-c1ccc(F)cc1. The fourth-order valence-electron chi connectivity index (χ4n) is 1.91. The molecular formula is C14H18FN3O3. The molecule has 0 spiro atoms. The number of hydrogen-bond donors (Lipinski definition) is 5. The van der Waals surface area contributed by atoms with E-state index in [2.05, 4.69) is 15.5 Å². The molecule has 1 aromatic heterocycles. The Morgan fingerprint density at radius 3 is 2.29 bits per heavy atom. The highest BCUT2D eigenvalue weighted by Gasteiger charge is 2.27. The van der Waals surface area contributed by atoms with Crippen LogP contribution < -0.4 is 5.32 Å². The Morgan fingerprint density at radius 1 is 1.10 bits per heavy atom. The highest BCUT2D eigenvalue weighted by Crippen LogP contribution is 2.21. The van der Waals surface area contributed by atoms with Crippen molar-refractivity contribution in [1.29, 1.82) is 0 Å². The van der Waals surface area contributed by atoms with Gasteiger partial charge in [0, 0.05) is 17.7 Å². The molecular weight excluding hydrogens is 277 g/mol. The van der Waals surface area contributed by atoms with Gasteiger partial charge in [-0.05, 0) is 24.3 Å². The number of aliphatic hydroxyl groups is 3. The molecule has 1 heterocycles. The van der Waals surface area contributed by atoms with Crippen LogP contribution in [-0.4, -0.2) is 50.9 Å². The number of aliphatic hydroxyl groups excluding tert-OH is 3. The van der Waals surface area contributed by atoms with Crippen LogP contribution in [-0.2, 0) is 6.54 Å². The van der Waals surface area contributed by atoms with Gasteiger partial charge in [-0.3, -0.25) is 5.10 Å². The molecule has 7 heteroatoms. The minimum absolute atomic E-state index is 0.283. The summed E-state index contributed by atoms with van der Waals surface area (Å²) in [7, 11) is 0. The van der Waals surface area contributed by atoms with Crippen LogP contribution in [0.25, 0.3) is 11.3 Å². The van der Waals surface area contributed by atoms with Crippen molar-refractivity contribution < 1.29 is 19.7 Å². The zero-order chi connectivity index (χ0) is 15.3. The first kappa shape index (κ1) is 15.6. The molecule has 0 aliphatic heterocycles. The molecule has 1 aromatic carbocycles. The van der Waals surface area contributed by atoms with Gasteiger partial charge in [0.1, 0.15) is 5.82 Å². The molecule has 2 rings (SSSR count). The van der Waals surface area contributed by atoms with Gasteiger partial charge < -0.3 is 20.6 Å². The molecule has 0 saturated carbocycles. The van der Waals surface area contributed by atoms with Gasteiger partial charge in [0.05, 0.1) is 37.3 Å². The molecule has 0 unspecified atom stereocenters. The summed E-state index contributed by atoms with van der Waals surface area (Å²) in [6.07, 6.45) is 1.60. The van der Waals surface area contributed by atoms with E-state index in [-0.39, 0.29) is 12.4 Å². The van der Waals surface area contributed by atoms with E-state index in [1.165, 1.54) is 12.1 Å². The zero-order valence-electron chi connectivity index (χ0n) is 11.4. The minimum atomic E-state index is -1.16. The predicted molar refractivity (Wildman–Crippen MR) is 74.8 cm³/mol. The van der Waals surface area contributed by atoms with Crippen molar-refractivity contribution >= 4 is 0 Å². The van der Waals surface area contributed by atoms with Gasteiger partial charge in [0.2, 0.25) is 0 Å². The largest absolute Gasteiger partial charge is 0.394 e. The lowest BCUT2D eigenvalue weighted by molar-refractivity contribution is 0.0414. The molecule has 0 radical (unpaired) electrons. The second-order valence-electron chi connectivity index (χ2n) is 4.89. The van der Waals surface area contributed by atoms with Gasteiger partial charge in [-0.15, -0.1) is 0 Å². The summed E-state index contributed by atoms with van der Waals surface area (Å²) < 4.78 is 12.9. The monoisotopic (exact) mass is 295 g/mol. The van der Waals surface area contributed by atoms with Crippen molar-refractivity contribution in [1.82, 2.24) is 15.5 Å². The first-order valence-electron chi connectivity index (χ1n) is 6.50. The maximum Gasteiger partial charge on any atom is 0.123 e. The molecule has 0 aliphatic carbocycles. The average Bonchev–Trinajstić information content (AvgIpc) is 2.99. The second kappa shape index (κ2) is 6.77. The number of aromatic amines is 1. The fraction of sp³-hybridized carbons (Fsp3) is 0.357. The standard InChI is InChI=1S/C14H18FN3O3/c15-12-3-1-10(2-4-12)13-11(6-17-18-13)5-16-14(7-19,8-20)9-21/h1-4,6,16,19-21H,5,7-9H2,(H,17,18). The number of nitrogens with zero attached hydrogens (tertiary/aromatic N) is 1. The van der Waals surface area contributed by atoms with Crippen LogP contribution in [0.1, 0.15) is 5.56 Å². The first-order chi connectivity index (χ1) is 10.1. The van der Waals surface area contributed by atoms with E-state index < -0.39 is 25.4 Å². The molecule has 5 N–H and O–H groups in total. The van der Waals surface area contributed by atoms with Crippen molar-refractivity contribution in [2.45, 2.75) is 12.1 Å². The van der Waals surface area contributed by atoms with E-state index in [0.717, 1.165) is 11.1 Å². The van der Waals surface area contributed by atoms with E-state index in [9.17, 15) is 19.7 Å². The minimum Gasteiger partial charge on any atom is -0.394 e. The Bertz CT molecular complexity index is 559. The molecule has 0 saturated heterocycles. The van der Waals surface area contributed by atoms with Gasteiger partial charge in [0.25, 0.3) is 0 Å². The topological polar surface area (TPSA) is 101 Å². The number of benzene rings is 1. The van der Waals surface area contributed by atoms with Crippen LogP contribution in [0.5, 0.6) is 0 Å². The summed E-state index contributed by atoms with van der Waals surface area (Å²) >= 11 is 0. The van der Waals surface area contributed by atoms with Crippen LogP contribution >= 0.6 is 0 Å². The molecule has 21 heavy (non-hydrogen) atoms. The number of rotatable bonds is 7. The summed E-state index contributed by atoms with van der Waals surface area (Å²) in [4.78, 5) is 0. The van der Waals surface area contributed by atoms with E-state index >= 15 is 0 Å². The van der Waals surface area contributed by atoms with Crippen molar-refractivity contribution in [2.75, 3.05) is 19.8 Å². The summed E-state index contributed by atoms with van der Waals surface area (Å²) in [5.74, 6) is -0.321. The Balaban J connectivity index is 2.16. The number of aromatic nitrogens is 2. The third-order valence-electron chi connectivity index (χ3n) is 3.41. The van der Waals surface area contributed by atoms with Crippen LogP contribution in [0, 0.1) is 5.82 Å². The summed E-state index contributed by atoms with van der Waals surface area (Å²) in [6.45, 7) is -0.915. The van der Waals surface area contributed by atoms with E-state index in [4.69, 9.17) is 0 Å². The average molecular weight is 295 g/mol. The number of H-pyrrole nitrogens is 1. The van der Waals surface area contributed by atoms with Gasteiger partial charge >= 0.3 is 0 Å². The molecule has 0 amide bonds. The molecule has 2 aromatic rings. The third kappa shape index (κ3) is 3.45. The van der Waals surface area contributed by atoms with Crippen LogP contribution in [0.2, 0.25) is 0 Å². The smallest absolute Gasteiger partial charge is 0.123 e. The van der Waals surface area contributed by atoms with Gasteiger partial charge in [-0.25, -0.2) is 4.39 Å². The molecule has 0 atom stereocenters. The van der Waals surface area contributed by atoms with Crippen molar-refractivity contribution in [3.8, 4) is 11.3 Å². The number of nitrogens with one attached hydrogen (secondary N) is 2. The Hall–Kier alpha value is -1.80. The Kier molecular flexibility index (Phi) is 5.03. The quantitative estimate of drug-likeness (QED) is 0.496. The van der Waals surface area contributed by atoms with Crippen molar-refractivity contribution in [2.24, 2.45) is 0 Å². The number of hydrogen-bond acceptors (Lipinski definition) is 5. The highest BCUT2D eigenvalue weighted by molar-refractivity contribution is 5.62. The molecule has 0 aliphatic rings. The first-order valence-corrected chi connectivity index (χ1v) is 6.50. The Labute approximate surface area is 121 Å². The summed E-state index contributed by atoms with van der Waals surface area (Å²) in [6, 6.07) is 5.97. The van der Waals surface area contributed by atoms with Gasteiger partial charge in [-0.1, -0.05) is 0 Å². The molecule has 0 bridgehead atoms. The van der Waals surface area contributed by atoms with E-state index in [0.29, 0.717) is 5.69 Å². The van der Waals surface area contributed by atoms with Crippen LogP contribution in [0.3, 0.4) is 0 Å². The fourth-order valence-corrected chi connectivity index (χ4v) is 1.91. The van der Waals surface area contributed by atoms with Crippen molar-refractivity contribution in [3.05, 3.63) is 41.8 Å². The lowest BCUT2D eigenvalue weighted by Gasteiger charge is -2.28. The third-order valence-corrected chi connectivity index (χ3v) is 3.41. The Morgan fingerprint density at radius 2 is 1.71 bits per heavy atom. The lowest BCUT2D eigenvalue weighted by Crippen LogP contribution is -2.54. The maximum atomic E-state index is 12.9. The zero-order valence-corrected chi connectivity index (χ0v) is 11.4. The summed E-state index contributed by atoms with van der Waals surface area (Å²) in [5, 5.41) is 37.5.